The lowest BCUT2D eigenvalue weighted by atomic mass is 10.2. The Morgan fingerprint density at radius 1 is 1.50 bits per heavy atom. The number of nitrogens with zero attached hydrogens (tertiary/aromatic N) is 2. The van der Waals surface area contributed by atoms with Crippen LogP contribution in [0.25, 0.3) is 0 Å². The minimum absolute atomic E-state index is 0.169. The fourth-order valence-corrected chi connectivity index (χ4v) is 1.07. The van der Waals surface area contributed by atoms with Crippen LogP contribution in [0.5, 0.6) is 0 Å². The van der Waals surface area contributed by atoms with Crippen LogP contribution in [0.4, 0.5) is 5.69 Å². The van der Waals surface area contributed by atoms with E-state index in [9.17, 15) is 9.59 Å². The Balaban J connectivity index is 2.73. The second-order valence-electron chi connectivity index (χ2n) is 3.14. The van der Waals surface area contributed by atoms with E-state index in [0.29, 0.717) is 17.5 Å². The van der Waals surface area contributed by atoms with Gasteiger partial charge in [-0.05, 0) is 31.2 Å². The molecule has 0 amide bonds. The number of carbonyl (C=O) groups excluding carboxylic acids is 2. The number of rotatable bonds is 5. The van der Waals surface area contributed by atoms with Gasteiger partial charge in [-0.15, -0.1) is 0 Å². The molecule has 18 heavy (non-hydrogen) atoms. The van der Waals surface area contributed by atoms with Crippen LogP contribution in [0, 0.1) is 11.3 Å². The summed E-state index contributed by atoms with van der Waals surface area (Å²) < 4.78 is 4.64. The SMILES string of the molecule is CCOC(=O)C(C=O)=NNc1ccc(C#N)cc1. The number of carbonyl (C=O) groups is 2. The molecule has 0 aromatic heterocycles. The molecular weight excluding hydrogens is 234 g/mol. The van der Waals surface area contributed by atoms with Crippen LogP contribution in [-0.4, -0.2) is 24.6 Å². The smallest absolute Gasteiger partial charge is 0.362 e. The predicted octanol–water partition coefficient (Wildman–Crippen LogP) is 1.09. The zero-order chi connectivity index (χ0) is 13.4. The molecule has 1 aromatic rings. The first-order valence-electron chi connectivity index (χ1n) is 5.17. The Hall–Kier alpha value is -2.68. The van der Waals surface area contributed by atoms with Gasteiger partial charge in [0.2, 0.25) is 5.71 Å². The van der Waals surface area contributed by atoms with Crippen LogP contribution in [0.1, 0.15) is 12.5 Å². The summed E-state index contributed by atoms with van der Waals surface area (Å²) in [6.07, 6.45) is 0.314. The molecule has 0 fully saturated rings. The molecule has 0 spiro atoms. The lowest BCUT2D eigenvalue weighted by Gasteiger charge is -2.02. The van der Waals surface area contributed by atoms with Crippen molar-refractivity contribution in [2.24, 2.45) is 5.10 Å². The Labute approximate surface area is 104 Å². The molecule has 0 bridgehead atoms. The second-order valence-corrected chi connectivity index (χ2v) is 3.14. The minimum Gasteiger partial charge on any atom is -0.461 e. The lowest BCUT2D eigenvalue weighted by molar-refractivity contribution is -0.135. The van der Waals surface area contributed by atoms with Crippen molar-refractivity contribution in [1.29, 1.82) is 5.26 Å². The third-order valence-corrected chi connectivity index (χ3v) is 1.92. The number of benzene rings is 1. The highest BCUT2D eigenvalue weighted by molar-refractivity contribution is 6.58. The van der Waals surface area contributed by atoms with E-state index in [1.165, 1.54) is 0 Å². The van der Waals surface area contributed by atoms with Gasteiger partial charge in [-0.2, -0.15) is 10.4 Å². The first-order valence-corrected chi connectivity index (χ1v) is 5.17. The summed E-state index contributed by atoms with van der Waals surface area (Å²) in [6.45, 7) is 1.80. The van der Waals surface area contributed by atoms with Crippen LogP contribution in [-0.2, 0) is 14.3 Å². The zero-order valence-electron chi connectivity index (χ0n) is 9.71. The molecule has 92 valence electrons. The van der Waals surface area contributed by atoms with E-state index >= 15 is 0 Å². The van der Waals surface area contributed by atoms with Crippen LogP contribution in [0.3, 0.4) is 0 Å². The molecule has 6 heteroatoms. The van der Waals surface area contributed by atoms with Crippen molar-refractivity contribution in [3.63, 3.8) is 0 Å². The van der Waals surface area contributed by atoms with Gasteiger partial charge in [0.25, 0.3) is 0 Å². The Bertz CT molecular complexity index is 500. The molecule has 6 nitrogen and oxygen atoms in total. The standard InChI is InChI=1S/C12H11N3O3/c1-2-18-12(17)11(8-16)15-14-10-5-3-9(7-13)4-6-10/h3-6,8,14H,2H2,1H3. The molecule has 0 aliphatic heterocycles. The van der Waals surface area contributed by atoms with Crippen molar-refractivity contribution in [1.82, 2.24) is 0 Å². The van der Waals surface area contributed by atoms with Gasteiger partial charge in [0.15, 0.2) is 6.29 Å². The summed E-state index contributed by atoms with van der Waals surface area (Å²) >= 11 is 0. The first-order chi connectivity index (χ1) is 8.71. The molecule has 0 aliphatic rings. The molecule has 0 radical (unpaired) electrons. The van der Waals surface area contributed by atoms with Crippen molar-refractivity contribution in [3.05, 3.63) is 29.8 Å². The maximum Gasteiger partial charge on any atom is 0.362 e. The zero-order valence-corrected chi connectivity index (χ0v) is 9.71. The number of aldehydes is 1. The molecule has 0 saturated heterocycles. The van der Waals surface area contributed by atoms with Gasteiger partial charge in [-0.1, -0.05) is 0 Å². The summed E-state index contributed by atoms with van der Waals surface area (Å²) in [5.41, 5.74) is 3.25. The molecule has 0 saturated carbocycles. The normalized spacial score (nSPS) is 10.3. The topological polar surface area (TPSA) is 91.6 Å². The maximum atomic E-state index is 11.2. The number of hydrogen-bond acceptors (Lipinski definition) is 6. The largest absolute Gasteiger partial charge is 0.461 e. The third-order valence-electron chi connectivity index (χ3n) is 1.92. The van der Waals surface area contributed by atoms with Gasteiger partial charge in [0.05, 0.1) is 23.9 Å². The number of hydrazone groups is 1. The molecule has 1 rings (SSSR count). The van der Waals surface area contributed by atoms with Crippen LogP contribution >= 0.6 is 0 Å². The molecule has 0 unspecified atom stereocenters. The third kappa shape index (κ3) is 3.72. The van der Waals surface area contributed by atoms with Crippen molar-refractivity contribution >= 4 is 23.7 Å². The molecular formula is C12H11N3O3. The second kappa shape index (κ2) is 6.81. The molecule has 0 heterocycles. The van der Waals surface area contributed by atoms with Crippen molar-refractivity contribution in [2.75, 3.05) is 12.0 Å². The van der Waals surface area contributed by atoms with E-state index < -0.39 is 5.97 Å². The van der Waals surface area contributed by atoms with Gasteiger partial charge in [0, 0.05) is 0 Å². The average Bonchev–Trinajstić information content (AvgIpc) is 2.40. The lowest BCUT2D eigenvalue weighted by Crippen LogP contribution is -2.20. The van der Waals surface area contributed by atoms with E-state index in [1.807, 2.05) is 6.07 Å². The van der Waals surface area contributed by atoms with Crippen molar-refractivity contribution < 1.29 is 14.3 Å². The number of esters is 1. The Kier molecular flexibility index (Phi) is 5.06. The quantitative estimate of drug-likeness (QED) is 0.275. The van der Waals surface area contributed by atoms with Crippen LogP contribution < -0.4 is 5.43 Å². The van der Waals surface area contributed by atoms with Crippen LogP contribution in [0.15, 0.2) is 29.4 Å². The summed E-state index contributed by atoms with van der Waals surface area (Å²) in [4.78, 5) is 21.9. The first kappa shape index (κ1) is 13.4. The van der Waals surface area contributed by atoms with Gasteiger partial charge in [-0.25, -0.2) is 4.79 Å². The summed E-state index contributed by atoms with van der Waals surface area (Å²) in [5, 5.41) is 12.2. The van der Waals surface area contributed by atoms with Gasteiger partial charge >= 0.3 is 5.97 Å². The Morgan fingerprint density at radius 3 is 2.67 bits per heavy atom. The van der Waals surface area contributed by atoms with Crippen molar-refractivity contribution in [2.45, 2.75) is 6.92 Å². The monoisotopic (exact) mass is 245 g/mol. The molecule has 1 N–H and O–H groups in total. The minimum atomic E-state index is -0.784. The summed E-state index contributed by atoms with van der Waals surface area (Å²) in [7, 11) is 0. The fourth-order valence-electron chi connectivity index (χ4n) is 1.07. The molecule has 0 atom stereocenters. The highest BCUT2D eigenvalue weighted by Crippen LogP contribution is 2.08. The van der Waals surface area contributed by atoms with Crippen molar-refractivity contribution in [3.8, 4) is 6.07 Å². The van der Waals surface area contributed by atoms with Gasteiger partial charge in [-0.3, -0.25) is 10.2 Å². The molecule has 1 aromatic carbocycles. The number of hydrogen-bond donors (Lipinski definition) is 1. The highest BCUT2D eigenvalue weighted by atomic mass is 16.5. The highest BCUT2D eigenvalue weighted by Gasteiger charge is 2.11. The van der Waals surface area contributed by atoms with E-state index in [-0.39, 0.29) is 12.3 Å². The van der Waals surface area contributed by atoms with E-state index in [2.05, 4.69) is 15.3 Å². The van der Waals surface area contributed by atoms with Gasteiger partial charge < -0.3 is 4.74 Å². The number of nitrogens with one attached hydrogen (secondary N) is 1. The number of anilines is 1. The van der Waals surface area contributed by atoms with E-state index in [1.54, 1.807) is 31.2 Å². The number of nitriles is 1. The average molecular weight is 245 g/mol. The van der Waals surface area contributed by atoms with Gasteiger partial charge in [0.1, 0.15) is 0 Å². The van der Waals surface area contributed by atoms with E-state index in [4.69, 9.17) is 5.26 Å². The summed E-state index contributed by atoms with van der Waals surface area (Å²) in [6, 6.07) is 8.36. The fraction of sp³-hybridized carbons (Fsp3) is 0.167. The van der Waals surface area contributed by atoms with Crippen LogP contribution in [0.2, 0.25) is 0 Å². The predicted molar refractivity (Wildman–Crippen MR) is 64.9 cm³/mol. The number of ether oxygens (including phenoxy) is 1. The maximum absolute atomic E-state index is 11.2. The molecule has 0 aliphatic carbocycles. The van der Waals surface area contributed by atoms with E-state index in [0.717, 1.165) is 0 Å². The Morgan fingerprint density at radius 2 is 2.17 bits per heavy atom. The summed E-state index contributed by atoms with van der Waals surface area (Å²) in [5.74, 6) is -0.784.